The van der Waals surface area contributed by atoms with E-state index < -0.39 is 0 Å². The van der Waals surface area contributed by atoms with E-state index in [4.69, 9.17) is 0 Å². The molecule has 0 saturated heterocycles. The molecule has 1 nitrogen and oxygen atoms in total. The van der Waals surface area contributed by atoms with Crippen LogP contribution in [-0.4, -0.2) is 24.5 Å². The van der Waals surface area contributed by atoms with Crippen molar-refractivity contribution in [3.63, 3.8) is 0 Å². The third-order valence-electron chi connectivity index (χ3n) is 5.18. The molecule has 116 valence electrons. The van der Waals surface area contributed by atoms with Gasteiger partial charge in [-0.25, -0.2) is 0 Å². The van der Waals surface area contributed by atoms with Gasteiger partial charge in [0.25, 0.3) is 0 Å². The highest BCUT2D eigenvalue weighted by Crippen LogP contribution is 2.38. The first kappa shape index (κ1) is 17.5. The summed E-state index contributed by atoms with van der Waals surface area (Å²) in [5.74, 6) is 0.709. The van der Waals surface area contributed by atoms with Crippen molar-refractivity contribution in [1.29, 1.82) is 0 Å². The molecule has 0 amide bonds. The van der Waals surface area contributed by atoms with Gasteiger partial charge < -0.3 is 4.90 Å². The number of unbranched alkanes of at least 4 members (excludes halogenated alkanes) is 2. The normalized spacial score (nSPS) is 16.9. The van der Waals surface area contributed by atoms with Crippen LogP contribution in [0.1, 0.15) is 73.6 Å². The van der Waals surface area contributed by atoms with E-state index in [2.05, 4.69) is 46.4 Å². The van der Waals surface area contributed by atoms with Crippen LogP contribution in [0.15, 0.2) is 22.3 Å². The molecule has 0 unspecified atom stereocenters. The van der Waals surface area contributed by atoms with Gasteiger partial charge in [0.1, 0.15) is 0 Å². The molecule has 0 N–H and O–H groups in total. The summed E-state index contributed by atoms with van der Waals surface area (Å²) < 4.78 is 0. The molecule has 0 aliphatic heterocycles. The van der Waals surface area contributed by atoms with Gasteiger partial charge in [0.15, 0.2) is 0 Å². The van der Waals surface area contributed by atoms with Crippen LogP contribution in [0.3, 0.4) is 0 Å². The van der Waals surface area contributed by atoms with Gasteiger partial charge in [-0.1, -0.05) is 37.8 Å². The Hall–Kier alpha value is -0.560. The number of nitrogens with zero attached hydrogens (tertiary/aromatic N) is 1. The molecule has 0 heterocycles. The Morgan fingerprint density at radius 1 is 0.750 bits per heavy atom. The van der Waals surface area contributed by atoms with E-state index in [0.29, 0.717) is 5.92 Å². The largest absolute Gasteiger partial charge is 0.303 e. The van der Waals surface area contributed by atoms with Gasteiger partial charge in [-0.15, -0.1) is 0 Å². The highest BCUT2D eigenvalue weighted by Gasteiger charge is 2.24. The van der Waals surface area contributed by atoms with Gasteiger partial charge >= 0.3 is 0 Å². The molecule has 0 spiro atoms. The first-order valence-corrected chi connectivity index (χ1v) is 8.60. The van der Waals surface area contributed by atoms with Crippen LogP contribution in [0.5, 0.6) is 0 Å². The second-order valence-corrected chi connectivity index (χ2v) is 6.51. The SMILES string of the molecule is CCCCN(CCCC)CCC1C(C)=C(C)C(C)=C1C. The Morgan fingerprint density at radius 3 is 1.60 bits per heavy atom. The fraction of sp³-hybridized carbons (Fsp3) is 0.789. The molecule has 0 atom stereocenters. The maximum Gasteiger partial charge on any atom is 0.00252 e. The highest BCUT2D eigenvalue weighted by molar-refractivity contribution is 5.46. The van der Waals surface area contributed by atoms with E-state index in [9.17, 15) is 0 Å². The Labute approximate surface area is 127 Å². The molecule has 1 aliphatic rings. The Bertz CT molecular complexity index is 330. The molecule has 0 bridgehead atoms. The van der Waals surface area contributed by atoms with Crippen LogP contribution >= 0.6 is 0 Å². The monoisotopic (exact) mass is 277 g/mol. The standard InChI is InChI=1S/C19H35N/c1-7-9-12-20(13-10-8-2)14-11-19-17(5)15(3)16(4)18(19)6/h19H,7-14H2,1-6H3. The predicted octanol–water partition coefficient (Wildman–Crippen LogP) is 5.58. The van der Waals surface area contributed by atoms with Crippen LogP contribution in [-0.2, 0) is 0 Å². The minimum absolute atomic E-state index is 0.709. The maximum atomic E-state index is 2.69. The first-order chi connectivity index (χ1) is 9.52. The summed E-state index contributed by atoms with van der Waals surface area (Å²) in [6.07, 6.45) is 6.61. The van der Waals surface area contributed by atoms with Crippen molar-refractivity contribution < 1.29 is 0 Å². The van der Waals surface area contributed by atoms with Gasteiger partial charge in [0.2, 0.25) is 0 Å². The summed E-state index contributed by atoms with van der Waals surface area (Å²) in [7, 11) is 0. The van der Waals surface area contributed by atoms with Crippen LogP contribution in [0.2, 0.25) is 0 Å². The summed E-state index contributed by atoms with van der Waals surface area (Å²) in [5, 5.41) is 0. The molecular formula is C19H35N. The molecule has 1 aliphatic carbocycles. The molecule has 0 aromatic carbocycles. The fourth-order valence-corrected chi connectivity index (χ4v) is 3.28. The number of allylic oxidation sites excluding steroid dienone is 4. The van der Waals surface area contributed by atoms with Crippen LogP contribution < -0.4 is 0 Å². The molecule has 0 aromatic rings. The number of hydrogen-bond donors (Lipinski definition) is 0. The van der Waals surface area contributed by atoms with Crippen molar-refractivity contribution in [3.05, 3.63) is 22.3 Å². The third kappa shape index (κ3) is 4.48. The molecule has 0 saturated carbocycles. The summed E-state index contributed by atoms with van der Waals surface area (Å²) in [4.78, 5) is 2.69. The van der Waals surface area contributed by atoms with Crippen molar-refractivity contribution in [2.45, 2.75) is 73.6 Å². The Kier molecular flexibility index (Phi) is 7.58. The Balaban J connectivity index is 2.54. The van der Waals surface area contributed by atoms with Gasteiger partial charge in [-0.3, -0.25) is 0 Å². The lowest BCUT2D eigenvalue weighted by Gasteiger charge is -2.25. The van der Waals surface area contributed by atoms with Crippen molar-refractivity contribution in [2.75, 3.05) is 19.6 Å². The van der Waals surface area contributed by atoms with Crippen molar-refractivity contribution in [3.8, 4) is 0 Å². The van der Waals surface area contributed by atoms with Crippen molar-refractivity contribution >= 4 is 0 Å². The minimum atomic E-state index is 0.709. The fourth-order valence-electron chi connectivity index (χ4n) is 3.28. The highest BCUT2D eigenvalue weighted by atomic mass is 15.1. The van der Waals surface area contributed by atoms with Gasteiger partial charge in [0, 0.05) is 5.92 Å². The summed E-state index contributed by atoms with van der Waals surface area (Å²) in [5.41, 5.74) is 6.32. The zero-order valence-electron chi connectivity index (χ0n) is 14.7. The van der Waals surface area contributed by atoms with Crippen LogP contribution in [0.25, 0.3) is 0 Å². The van der Waals surface area contributed by atoms with E-state index in [1.165, 1.54) is 51.7 Å². The van der Waals surface area contributed by atoms with E-state index >= 15 is 0 Å². The quantitative estimate of drug-likeness (QED) is 0.531. The summed E-state index contributed by atoms with van der Waals surface area (Å²) >= 11 is 0. The summed E-state index contributed by atoms with van der Waals surface area (Å²) in [6.45, 7) is 17.7. The van der Waals surface area contributed by atoms with Crippen LogP contribution in [0, 0.1) is 5.92 Å². The van der Waals surface area contributed by atoms with Gasteiger partial charge in [0.05, 0.1) is 0 Å². The topological polar surface area (TPSA) is 3.24 Å². The van der Waals surface area contributed by atoms with Gasteiger partial charge in [-0.05, 0) is 77.7 Å². The smallest absolute Gasteiger partial charge is 0.00252 e. The lowest BCUT2D eigenvalue weighted by Crippen LogP contribution is -2.28. The lowest BCUT2D eigenvalue weighted by atomic mass is 9.93. The lowest BCUT2D eigenvalue weighted by molar-refractivity contribution is 0.254. The maximum absolute atomic E-state index is 2.69. The molecule has 0 fully saturated rings. The van der Waals surface area contributed by atoms with E-state index in [0.717, 1.165) is 0 Å². The summed E-state index contributed by atoms with van der Waals surface area (Å²) in [6, 6.07) is 0. The molecule has 1 rings (SSSR count). The molecule has 0 radical (unpaired) electrons. The minimum Gasteiger partial charge on any atom is -0.303 e. The van der Waals surface area contributed by atoms with Crippen molar-refractivity contribution in [2.24, 2.45) is 5.92 Å². The zero-order valence-corrected chi connectivity index (χ0v) is 14.7. The Morgan fingerprint density at radius 2 is 1.20 bits per heavy atom. The molecule has 0 aromatic heterocycles. The average molecular weight is 277 g/mol. The second kappa shape index (κ2) is 8.67. The number of hydrogen-bond acceptors (Lipinski definition) is 1. The molecule has 1 heteroatoms. The second-order valence-electron chi connectivity index (χ2n) is 6.51. The van der Waals surface area contributed by atoms with Crippen LogP contribution in [0.4, 0.5) is 0 Å². The van der Waals surface area contributed by atoms with E-state index in [1.807, 2.05) is 0 Å². The van der Waals surface area contributed by atoms with E-state index in [1.54, 1.807) is 22.3 Å². The first-order valence-electron chi connectivity index (χ1n) is 8.60. The van der Waals surface area contributed by atoms with Gasteiger partial charge in [-0.2, -0.15) is 0 Å². The predicted molar refractivity (Wildman–Crippen MR) is 91.1 cm³/mol. The van der Waals surface area contributed by atoms with E-state index in [-0.39, 0.29) is 0 Å². The zero-order chi connectivity index (χ0) is 15.1. The molecular weight excluding hydrogens is 242 g/mol. The van der Waals surface area contributed by atoms with Crippen molar-refractivity contribution in [1.82, 2.24) is 4.90 Å². The third-order valence-corrected chi connectivity index (χ3v) is 5.18. The molecule has 20 heavy (non-hydrogen) atoms. The average Bonchev–Trinajstić information content (AvgIpc) is 2.63. The number of rotatable bonds is 9.